The number of halogens is 2. The van der Waals surface area contributed by atoms with Crippen LogP contribution < -0.4 is 15.8 Å². The van der Waals surface area contributed by atoms with Crippen molar-refractivity contribution in [2.75, 3.05) is 31.2 Å². The van der Waals surface area contributed by atoms with Crippen molar-refractivity contribution in [2.24, 2.45) is 0 Å². The van der Waals surface area contributed by atoms with E-state index in [9.17, 15) is 9.65 Å². The zero-order valence-electron chi connectivity index (χ0n) is 24.3. The van der Waals surface area contributed by atoms with Crippen molar-refractivity contribution in [3.8, 4) is 23.2 Å². The van der Waals surface area contributed by atoms with Crippen LogP contribution in [0.1, 0.15) is 60.1 Å². The number of likely N-dealkylation sites (tertiary alicyclic amines) is 1. The van der Waals surface area contributed by atoms with E-state index in [0.29, 0.717) is 67.3 Å². The molecule has 14 heteroatoms. The number of ether oxygens (including phenoxy) is 2. The SMILES string of the molecule is CN1CCC[C@H]1COc1nc(NCc2nnc(C3CC3)o2)c2c3c(c(-c4ccc(F)c5sc(N)c(C#N)c45)c(Cl)c2n1)COC3. The van der Waals surface area contributed by atoms with Crippen LogP contribution in [-0.4, -0.2) is 51.3 Å². The Labute approximate surface area is 266 Å². The van der Waals surface area contributed by atoms with Crippen molar-refractivity contribution in [3.63, 3.8) is 0 Å². The van der Waals surface area contributed by atoms with Crippen LogP contribution in [0.4, 0.5) is 15.2 Å². The highest BCUT2D eigenvalue weighted by molar-refractivity contribution is 7.23. The van der Waals surface area contributed by atoms with Gasteiger partial charge >= 0.3 is 6.01 Å². The average molecular weight is 647 g/mol. The summed E-state index contributed by atoms with van der Waals surface area (Å²) in [6, 6.07) is 5.58. The molecule has 1 saturated carbocycles. The van der Waals surface area contributed by atoms with Crippen LogP contribution in [0.5, 0.6) is 6.01 Å². The van der Waals surface area contributed by atoms with Gasteiger partial charge in [0, 0.05) is 22.9 Å². The lowest BCUT2D eigenvalue weighted by Crippen LogP contribution is -2.30. The second-order valence-corrected chi connectivity index (χ2v) is 13.1. The molecule has 8 rings (SSSR count). The Morgan fingerprint density at radius 3 is 2.82 bits per heavy atom. The first-order valence-corrected chi connectivity index (χ1v) is 16.0. The first kappa shape index (κ1) is 28.4. The fourth-order valence-corrected chi connectivity index (χ4v) is 7.65. The van der Waals surface area contributed by atoms with E-state index < -0.39 is 5.82 Å². The number of rotatable bonds is 8. The quantitative estimate of drug-likeness (QED) is 0.200. The van der Waals surface area contributed by atoms with Gasteiger partial charge in [0.2, 0.25) is 11.8 Å². The third-order valence-electron chi connectivity index (χ3n) is 8.87. The molecule has 1 saturated heterocycles. The predicted molar refractivity (Wildman–Crippen MR) is 168 cm³/mol. The lowest BCUT2D eigenvalue weighted by atomic mass is 9.91. The number of aromatic nitrogens is 4. The first-order valence-electron chi connectivity index (χ1n) is 14.8. The smallest absolute Gasteiger partial charge is 0.319 e. The van der Waals surface area contributed by atoms with E-state index in [-0.39, 0.29) is 42.4 Å². The lowest BCUT2D eigenvalue weighted by Gasteiger charge is -2.20. The Kier molecular flexibility index (Phi) is 6.98. The third-order valence-corrected chi connectivity index (χ3v) is 10.3. The van der Waals surface area contributed by atoms with Crippen LogP contribution in [0.15, 0.2) is 16.5 Å². The summed E-state index contributed by atoms with van der Waals surface area (Å²) in [5, 5.41) is 23.4. The molecule has 3 N–H and O–H groups in total. The number of likely N-dealkylation sites (N-methyl/N-ethyl adjacent to an activating group) is 1. The topological polar surface area (TPSA) is 148 Å². The summed E-state index contributed by atoms with van der Waals surface area (Å²) in [6.45, 7) is 2.23. The monoisotopic (exact) mass is 646 g/mol. The van der Waals surface area contributed by atoms with Gasteiger partial charge in [-0.05, 0) is 62.0 Å². The van der Waals surface area contributed by atoms with Crippen LogP contribution in [-0.2, 0) is 24.5 Å². The van der Waals surface area contributed by atoms with Gasteiger partial charge in [0.05, 0.1) is 45.9 Å². The van der Waals surface area contributed by atoms with E-state index in [1.807, 2.05) is 0 Å². The van der Waals surface area contributed by atoms with Crippen LogP contribution in [0.3, 0.4) is 0 Å². The summed E-state index contributed by atoms with van der Waals surface area (Å²) >= 11 is 8.32. The molecular formula is C31H28ClFN8O3S. The molecule has 3 aliphatic rings. The minimum Gasteiger partial charge on any atom is -0.462 e. The zero-order chi connectivity index (χ0) is 30.8. The molecule has 1 atom stereocenters. The second-order valence-electron chi connectivity index (χ2n) is 11.7. The van der Waals surface area contributed by atoms with E-state index in [1.54, 1.807) is 6.07 Å². The van der Waals surface area contributed by atoms with Crippen molar-refractivity contribution in [1.29, 1.82) is 5.26 Å². The summed E-state index contributed by atoms with van der Waals surface area (Å²) < 4.78 is 33.3. The summed E-state index contributed by atoms with van der Waals surface area (Å²) in [7, 11) is 2.08. The average Bonchev–Trinajstić information content (AvgIpc) is 3.35. The number of thiophene rings is 1. The van der Waals surface area contributed by atoms with Gasteiger partial charge in [-0.2, -0.15) is 15.2 Å². The van der Waals surface area contributed by atoms with Gasteiger partial charge in [0.1, 0.15) is 29.3 Å². The number of nitrogens with one attached hydrogen (secondary N) is 1. The van der Waals surface area contributed by atoms with E-state index in [1.165, 1.54) is 6.07 Å². The second kappa shape index (κ2) is 11.1. The number of nitriles is 1. The molecule has 11 nitrogen and oxygen atoms in total. The Morgan fingerprint density at radius 1 is 1.20 bits per heavy atom. The number of nitrogen functional groups attached to an aromatic ring is 1. The maximum absolute atomic E-state index is 15.0. The number of anilines is 2. The van der Waals surface area contributed by atoms with Gasteiger partial charge in [-0.25, -0.2) is 4.39 Å². The third kappa shape index (κ3) is 4.84. The number of nitrogens with zero attached hydrogens (tertiary/aromatic N) is 6. The molecule has 3 aromatic heterocycles. The summed E-state index contributed by atoms with van der Waals surface area (Å²) in [6.07, 6.45) is 4.25. The molecule has 5 heterocycles. The highest BCUT2D eigenvalue weighted by atomic mass is 35.5. The number of hydrogen-bond acceptors (Lipinski definition) is 12. The highest BCUT2D eigenvalue weighted by Crippen LogP contribution is 2.49. The Hall–Kier alpha value is -4.09. The van der Waals surface area contributed by atoms with E-state index >= 15 is 0 Å². The maximum atomic E-state index is 15.0. The molecule has 0 bridgehead atoms. The predicted octanol–water partition coefficient (Wildman–Crippen LogP) is 6.13. The van der Waals surface area contributed by atoms with E-state index in [2.05, 4.69) is 33.5 Å². The van der Waals surface area contributed by atoms with Gasteiger partial charge in [-0.15, -0.1) is 21.5 Å². The van der Waals surface area contributed by atoms with Crippen molar-refractivity contribution in [3.05, 3.63) is 51.4 Å². The first-order chi connectivity index (χ1) is 21.9. The van der Waals surface area contributed by atoms with Crippen molar-refractivity contribution in [1.82, 2.24) is 25.1 Å². The Balaban J connectivity index is 1.29. The van der Waals surface area contributed by atoms with Gasteiger partial charge in [-0.3, -0.25) is 0 Å². The molecule has 5 aromatic rings. The van der Waals surface area contributed by atoms with Crippen LogP contribution in [0.25, 0.3) is 32.1 Å². The number of benzene rings is 2. The van der Waals surface area contributed by atoms with Gasteiger partial charge in [0.25, 0.3) is 0 Å². The molecule has 2 aromatic carbocycles. The van der Waals surface area contributed by atoms with Crippen LogP contribution in [0.2, 0.25) is 5.02 Å². The van der Waals surface area contributed by atoms with E-state index in [0.717, 1.165) is 54.7 Å². The molecule has 0 spiro atoms. The molecule has 230 valence electrons. The molecule has 0 radical (unpaired) electrons. The van der Waals surface area contributed by atoms with Crippen molar-refractivity contribution < 1.29 is 18.3 Å². The lowest BCUT2D eigenvalue weighted by molar-refractivity contribution is 0.135. The summed E-state index contributed by atoms with van der Waals surface area (Å²) in [5.41, 5.74) is 9.70. The molecule has 0 unspecified atom stereocenters. The molecule has 2 fully saturated rings. The molecule has 1 aliphatic carbocycles. The molecule has 2 aliphatic heterocycles. The highest BCUT2D eigenvalue weighted by Gasteiger charge is 2.32. The largest absolute Gasteiger partial charge is 0.462 e. The fourth-order valence-electron chi connectivity index (χ4n) is 6.35. The van der Waals surface area contributed by atoms with Crippen molar-refractivity contribution >= 4 is 54.7 Å². The number of hydrogen-bond donors (Lipinski definition) is 2. The number of nitrogens with two attached hydrogens (primary N) is 1. The molecule has 0 amide bonds. The maximum Gasteiger partial charge on any atom is 0.319 e. The minimum atomic E-state index is -0.455. The van der Waals surface area contributed by atoms with Crippen LogP contribution >= 0.6 is 22.9 Å². The fraction of sp³-hybridized carbons (Fsp3) is 0.387. The standard InChI is InChI=1S/C31H28ClFN8O3S/c1-41-8-2-3-15(41)11-43-31-37-26-24(29(38-31)36-10-21-39-40-30(44-21)14-4-5-14)19-13-42-12-18(19)22(25(26)32)16-6-7-20(33)27-23(16)17(9-34)28(35)45-27/h6-7,14-15H,2-5,8,10-13,35H2,1H3,(H,36,37,38)/t15-/m0/s1. The molecular weight excluding hydrogens is 619 g/mol. The zero-order valence-corrected chi connectivity index (χ0v) is 25.9. The van der Waals surface area contributed by atoms with Gasteiger partial charge in [-0.1, -0.05) is 17.7 Å². The van der Waals surface area contributed by atoms with Crippen LogP contribution in [0, 0.1) is 17.1 Å². The molecule has 45 heavy (non-hydrogen) atoms. The Bertz CT molecular complexity index is 2040. The summed E-state index contributed by atoms with van der Waals surface area (Å²) in [4.78, 5) is 11.9. The van der Waals surface area contributed by atoms with E-state index in [4.69, 9.17) is 41.2 Å². The Morgan fingerprint density at radius 2 is 2.04 bits per heavy atom. The van der Waals surface area contributed by atoms with Gasteiger partial charge in [0.15, 0.2) is 0 Å². The minimum absolute atomic E-state index is 0.169. The van der Waals surface area contributed by atoms with Gasteiger partial charge < -0.3 is 29.8 Å². The normalized spacial score (nSPS) is 18.1. The van der Waals surface area contributed by atoms with Crippen molar-refractivity contribution in [2.45, 2.75) is 57.4 Å². The summed E-state index contributed by atoms with van der Waals surface area (Å²) in [5.74, 6) is 1.49. The number of fused-ring (bicyclic) bond motifs is 4.